The Morgan fingerprint density at radius 3 is 2.48 bits per heavy atom. The van der Waals surface area contributed by atoms with Crippen LogP contribution >= 0.6 is 11.3 Å². The monoisotopic (exact) mass is 351 g/mol. The van der Waals surface area contributed by atoms with Gasteiger partial charge in [-0.15, -0.1) is 16.4 Å². The zero-order valence-corrected chi connectivity index (χ0v) is 14.2. The molecule has 2 aromatic carbocycles. The molecular weight excluding hydrogens is 337 g/mol. The molecule has 0 spiro atoms. The van der Waals surface area contributed by atoms with Crippen LogP contribution < -0.4 is 5.73 Å². The Labute approximate surface area is 147 Å². The van der Waals surface area contributed by atoms with Gasteiger partial charge in [0.1, 0.15) is 10.8 Å². The van der Waals surface area contributed by atoms with Crippen LogP contribution in [0.5, 0.6) is 0 Å². The second-order valence-corrected chi connectivity index (χ2v) is 6.47. The van der Waals surface area contributed by atoms with Gasteiger partial charge >= 0.3 is 0 Å². The molecule has 4 rings (SSSR count). The van der Waals surface area contributed by atoms with Crippen molar-refractivity contribution in [2.45, 2.75) is 6.92 Å². The minimum atomic E-state index is -0.315. The first kappa shape index (κ1) is 15.5. The Morgan fingerprint density at radius 1 is 1.04 bits per heavy atom. The van der Waals surface area contributed by atoms with E-state index in [1.54, 1.807) is 12.1 Å². The highest BCUT2D eigenvalue weighted by molar-refractivity contribution is 7.13. The summed E-state index contributed by atoms with van der Waals surface area (Å²) in [4.78, 5) is 4.63. The molecule has 0 atom stereocenters. The van der Waals surface area contributed by atoms with Crippen LogP contribution in [-0.2, 0) is 0 Å². The van der Waals surface area contributed by atoms with Crippen LogP contribution in [0.25, 0.3) is 27.6 Å². The maximum absolute atomic E-state index is 13.1. The fraction of sp³-hybridized carbons (Fsp3) is 0.0556. The van der Waals surface area contributed by atoms with Crippen LogP contribution in [0.4, 0.5) is 10.2 Å². The lowest BCUT2D eigenvalue weighted by atomic mass is 10.1. The number of nitrogen functional groups attached to an aromatic ring is 1. The highest BCUT2D eigenvalue weighted by atomic mass is 32.1. The molecule has 0 bridgehead atoms. The van der Waals surface area contributed by atoms with Crippen LogP contribution in [0.2, 0.25) is 0 Å². The number of hydrogen-bond acceptors (Lipinski definition) is 5. The summed E-state index contributed by atoms with van der Waals surface area (Å²) in [5.74, 6) is 0.0572. The van der Waals surface area contributed by atoms with Crippen molar-refractivity contribution in [2.75, 3.05) is 5.73 Å². The zero-order chi connectivity index (χ0) is 17.4. The fourth-order valence-corrected chi connectivity index (χ4v) is 3.27. The Balaban J connectivity index is 1.69. The van der Waals surface area contributed by atoms with Crippen molar-refractivity contribution in [3.8, 4) is 27.6 Å². The molecule has 124 valence electrons. The van der Waals surface area contributed by atoms with Gasteiger partial charge in [-0.25, -0.2) is 9.37 Å². The molecule has 4 aromatic rings. The molecule has 0 fully saturated rings. The molecular formula is C18H14FN5S. The third-order valence-corrected chi connectivity index (χ3v) is 4.68. The second kappa shape index (κ2) is 6.10. The summed E-state index contributed by atoms with van der Waals surface area (Å²) >= 11 is 1.46. The Bertz CT molecular complexity index is 1020. The van der Waals surface area contributed by atoms with Crippen molar-refractivity contribution >= 4 is 17.2 Å². The summed E-state index contributed by atoms with van der Waals surface area (Å²) in [6.45, 7) is 2.05. The molecule has 5 nitrogen and oxygen atoms in total. The number of anilines is 1. The molecule has 0 saturated carbocycles. The summed E-state index contributed by atoms with van der Waals surface area (Å²) in [5, 5.41) is 10.9. The van der Waals surface area contributed by atoms with Gasteiger partial charge in [-0.05, 0) is 31.2 Å². The van der Waals surface area contributed by atoms with Crippen LogP contribution in [-0.4, -0.2) is 20.0 Å². The minimum absolute atomic E-state index is 0.315. The molecule has 2 heterocycles. The van der Waals surface area contributed by atoms with Gasteiger partial charge in [0.25, 0.3) is 0 Å². The third-order valence-electron chi connectivity index (χ3n) is 3.83. The largest absolute Gasteiger partial charge is 0.382 e. The zero-order valence-electron chi connectivity index (χ0n) is 13.3. The molecule has 0 saturated heterocycles. The smallest absolute Gasteiger partial charge is 0.165 e. The second-order valence-electron chi connectivity index (χ2n) is 5.62. The van der Waals surface area contributed by atoms with E-state index < -0.39 is 0 Å². The van der Waals surface area contributed by atoms with Crippen molar-refractivity contribution in [3.63, 3.8) is 0 Å². The molecule has 0 amide bonds. The SMILES string of the molecule is Cc1ccc(-c2csc(-c3nnn(-c4ccc(F)cc4)c3N)n2)cc1. The van der Waals surface area contributed by atoms with E-state index >= 15 is 0 Å². The van der Waals surface area contributed by atoms with Gasteiger partial charge in [-0.2, -0.15) is 4.68 Å². The molecule has 2 aromatic heterocycles. The predicted molar refractivity (Wildman–Crippen MR) is 97.0 cm³/mol. The van der Waals surface area contributed by atoms with Gasteiger partial charge in [0, 0.05) is 10.9 Å². The molecule has 25 heavy (non-hydrogen) atoms. The summed E-state index contributed by atoms with van der Waals surface area (Å²) in [5.41, 5.74) is 10.5. The lowest BCUT2D eigenvalue weighted by Crippen LogP contribution is -2.02. The first-order valence-corrected chi connectivity index (χ1v) is 8.50. The van der Waals surface area contributed by atoms with Gasteiger partial charge in [0.2, 0.25) is 0 Å². The van der Waals surface area contributed by atoms with Gasteiger partial charge in [-0.3, -0.25) is 0 Å². The van der Waals surface area contributed by atoms with Crippen LogP contribution in [0.3, 0.4) is 0 Å². The Kier molecular flexibility index (Phi) is 3.77. The highest BCUT2D eigenvalue weighted by Gasteiger charge is 2.17. The predicted octanol–water partition coefficient (Wildman–Crippen LogP) is 4.09. The summed E-state index contributed by atoms with van der Waals surface area (Å²) in [7, 11) is 0. The van der Waals surface area contributed by atoms with E-state index in [2.05, 4.69) is 15.3 Å². The summed E-state index contributed by atoms with van der Waals surface area (Å²) < 4.78 is 14.6. The van der Waals surface area contributed by atoms with E-state index in [0.717, 1.165) is 11.3 Å². The minimum Gasteiger partial charge on any atom is -0.382 e. The van der Waals surface area contributed by atoms with Gasteiger partial charge in [0.15, 0.2) is 11.5 Å². The number of benzene rings is 2. The quantitative estimate of drug-likeness (QED) is 0.604. The first-order valence-electron chi connectivity index (χ1n) is 7.62. The average Bonchev–Trinajstić information content (AvgIpc) is 3.23. The lowest BCUT2D eigenvalue weighted by Gasteiger charge is -2.02. The lowest BCUT2D eigenvalue weighted by molar-refractivity contribution is 0.627. The van der Waals surface area contributed by atoms with E-state index in [0.29, 0.717) is 22.2 Å². The van der Waals surface area contributed by atoms with Crippen molar-refractivity contribution in [2.24, 2.45) is 0 Å². The van der Waals surface area contributed by atoms with Crippen LogP contribution in [0.1, 0.15) is 5.56 Å². The molecule has 0 aliphatic rings. The van der Waals surface area contributed by atoms with Gasteiger partial charge in [0.05, 0.1) is 11.4 Å². The summed E-state index contributed by atoms with van der Waals surface area (Å²) in [6.07, 6.45) is 0. The third kappa shape index (κ3) is 2.89. The number of halogens is 1. The molecule has 7 heteroatoms. The highest BCUT2D eigenvalue weighted by Crippen LogP contribution is 2.31. The van der Waals surface area contributed by atoms with E-state index in [1.807, 2.05) is 36.6 Å². The molecule has 0 aliphatic heterocycles. The van der Waals surface area contributed by atoms with E-state index in [4.69, 9.17) is 5.73 Å². The molecule has 2 N–H and O–H groups in total. The molecule has 0 aliphatic carbocycles. The van der Waals surface area contributed by atoms with E-state index in [1.165, 1.54) is 33.7 Å². The number of nitrogens with zero attached hydrogens (tertiary/aromatic N) is 4. The number of hydrogen-bond donors (Lipinski definition) is 1. The number of rotatable bonds is 3. The van der Waals surface area contributed by atoms with Gasteiger partial charge in [-0.1, -0.05) is 35.0 Å². The van der Waals surface area contributed by atoms with E-state index in [9.17, 15) is 4.39 Å². The molecule has 0 unspecified atom stereocenters. The normalized spacial score (nSPS) is 11.0. The molecule has 0 radical (unpaired) electrons. The Hall–Kier alpha value is -3.06. The standard InChI is InChI=1S/C18H14FN5S/c1-11-2-4-12(5-3-11)15-10-25-18(21-15)16-17(20)24(23-22-16)14-8-6-13(19)7-9-14/h2-10H,20H2,1H3. The Morgan fingerprint density at radius 2 is 1.76 bits per heavy atom. The van der Waals surface area contributed by atoms with Crippen molar-refractivity contribution in [1.29, 1.82) is 0 Å². The van der Waals surface area contributed by atoms with Crippen LogP contribution in [0.15, 0.2) is 53.9 Å². The maximum Gasteiger partial charge on any atom is 0.165 e. The summed E-state index contributed by atoms with van der Waals surface area (Å²) in [6, 6.07) is 14.1. The number of aryl methyl sites for hydroxylation is 1. The van der Waals surface area contributed by atoms with Gasteiger partial charge < -0.3 is 5.73 Å². The van der Waals surface area contributed by atoms with E-state index in [-0.39, 0.29) is 5.82 Å². The topological polar surface area (TPSA) is 69.6 Å². The van der Waals surface area contributed by atoms with Crippen molar-refractivity contribution in [1.82, 2.24) is 20.0 Å². The number of aromatic nitrogens is 4. The number of thiazole rings is 1. The maximum atomic E-state index is 13.1. The average molecular weight is 351 g/mol. The first-order chi connectivity index (χ1) is 12.1. The van der Waals surface area contributed by atoms with Crippen molar-refractivity contribution in [3.05, 3.63) is 65.3 Å². The van der Waals surface area contributed by atoms with Crippen LogP contribution in [0, 0.1) is 12.7 Å². The number of nitrogens with two attached hydrogens (primary N) is 1. The van der Waals surface area contributed by atoms with Crippen molar-refractivity contribution < 1.29 is 4.39 Å². The fourth-order valence-electron chi connectivity index (χ4n) is 2.45.